The third-order valence-electron chi connectivity index (χ3n) is 1.50. The zero-order valence-corrected chi connectivity index (χ0v) is 7.76. The molecule has 3 nitrogen and oxygen atoms in total. The van der Waals surface area contributed by atoms with Gasteiger partial charge in [0, 0.05) is 12.8 Å². The van der Waals surface area contributed by atoms with Crippen LogP contribution in [0.4, 0.5) is 0 Å². The summed E-state index contributed by atoms with van der Waals surface area (Å²) in [4.78, 5) is 21.5. The molecule has 0 aromatic rings. The number of carbonyl (C=O) groups is 2. The molecule has 0 atom stereocenters. The molecule has 0 heterocycles. The predicted octanol–water partition coefficient (Wildman–Crippen LogP) is 1.40. The minimum absolute atomic E-state index is 0. The monoisotopic (exact) mass is 212 g/mol. The van der Waals surface area contributed by atoms with Gasteiger partial charge in [-0.2, -0.15) is 0 Å². The summed E-state index contributed by atoms with van der Waals surface area (Å²) >= 11 is 0. The minimum atomic E-state index is -0.434. The second kappa shape index (κ2) is 10.9. The molecule has 0 aliphatic carbocycles. The molecule has 0 amide bonds. The van der Waals surface area contributed by atoms with Gasteiger partial charge in [0.15, 0.2) is 0 Å². The van der Waals surface area contributed by atoms with Crippen LogP contribution in [-0.2, 0) is 14.3 Å². The fourth-order valence-electron chi connectivity index (χ4n) is 0.770. The fraction of sp³-hybridized carbons (Fsp3) is 0.778. The second-order valence-electron chi connectivity index (χ2n) is 2.66. The Hall–Kier alpha value is 0.776. The molecular formula is C9H17KO3. The van der Waals surface area contributed by atoms with Gasteiger partial charge >= 0.3 is 63.3 Å². The van der Waals surface area contributed by atoms with Gasteiger partial charge in [-0.3, -0.25) is 9.59 Å². The van der Waals surface area contributed by atoms with Crippen LogP contribution in [0.2, 0.25) is 0 Å². The van der Waals surface area contributed by atoms with Gasteiger partial charge in [-0.15, -0.1) is 0 Å². The average Bonchev–Trinajstić information content (AvgIpc) is 2.05. The first-order valence-electron chi connectivity index (χ1n) is 4.44. The Morgan fingerprint density at radius 1 is 1.08 bits per heavy atom. The Labute approximate surface area is 122 Å². The molecule has 0 unspecified atom stereocenters. The summed E-state index contributed by atoms with van der Waals surface area (Å²) in [7, 11) is 0. The number of unbranched alkanes of at least 4 members (excludes halogenated alkanes) is 2. The Balaban J connectivity index is 0. The molecule has 0 aliphatic rings. The van der Waals surface area contributed by atoms with Gasteiger partial charge in [0.25, 0.3) is 0 Å². The summed E-state index contributed by atoms with van der Waals surface area (Å²) in [6, 6.07) is 0. The van der Waals surface area contributed by atoms with Gasteiger partial charge in [-0.05, 0) is 6.42 Å². The van der Waals surface area contributed by atoms with Crippen LogP contribution in [0.25, 0.3) is 0 Å². The van der Waals surface area contributed by atoms with Crippen molar-refractivity contribution in [3.05, 3.63) is 0 Å². The Morgan fingerprint density at radius 2 is 1.69 bits per heavy atom. The third-order valence-corrected chi connectivity index (χ3v) is 1.50. The van der Waals surface area contributed by atoms with Gasteiger partial charge < -0.3 is 4.74 Å². The SMILES string of the molecule is CCCCCC(=O)OC(=O)CC.[KH]. The van der Waals surface area contributed by atoms with Crippen molar-refractivity contribution < 1.29 is 14.3 Å². The van der Waals surface area contributed by atoms with Crippen LogP contribution >= 0.6 is 0 Å². The Kier molecular flexibility index (Phi) is 13.5. The van der Waals surface area contributed by atoms with Gasteiger partial charge in [0.1, 0.15) is 0 Å². The summed E-state index contributed by atoms with van der Waals surface area (Å²) in [6.45, 7) is 3.73. The Morgan fingerprint density at radius 3 is 2.15 bits per heavy atom. The van der Waals surface area contributed by atoms with Crippen LogP contribution in [0, 0.1) is 0 Å². The molecule has 0 rings (SSSR count). The van der Waals surface area contributed by atoms with E-state index in [4.69, 9.17) is 0 Å². The molecule has 4 heteroatoms. The topological polar surface area (TPSA) is 43.4 Å². The summed E-state index contributed by atoms with van der Waals surface area (Å²) in [5, 5.41) is 0. The number of carbonyl (C=O) groups excluding carboxylic acids is 2. The summed E-state index contributed by atoms with van der Waals surface area (Å²) in [5.41, 5.74) is 0. The number of hydrogen-bond donors (Lipinski definition) is 0. The molecular weight excluding hydrogens is 195 g/mol. The molecule has 0 aromatic carbocycles. The molecule has 0 spiro atoms. The zero-order chi connectivity index (χ0) is 9.40. The molecule has 0 fully saturated rings. The van der Waals surface area contributed by atoms with E-state index in [2.05, 4.69) is 11.7 Å². The van der Waals surface area contributed by atoms with Crippen LogP contribution in [-0.4, -0.2) is 63.3 Å². The van der Waals surface area contributed by atoms with E-state index in [0.29, 0.717) is 6.42 Å². The first kappa shape index (κ1) is 16.2. The van der Waals surface area contributed by atoms with E-state index in [-0.39, 0.29) is 57.8 Å². The molecule has 0 aliphatic heterocycles. The number of rotatable bonds is 5. The molecule has 72 valence electrons. The van der Waals surface area contributed by atoms with Crippen LogP contribution in [0.5, 0.6) is 0 Å². The van der Waals surface area contributed by atoms with Gasteiger partial charge in [-0.1, -0.05) is 26.7 Å². The maximum atomic E-state index is 10.8. The van der Waals surface area contributed by atoms with Gasteiger partial charge in [0.2, 0.25) is 0 Å². The standard InChI is InChI=1S/C9H16O3.K.H/c1-3-5-6-7-9(11)12-8(10)4-2;;/h3-7H2,1-2H3;;. The van der Waals surface area contributed by atoms with E-state index in [1.54, 1.807) is 6.92 Å². The summed E-state index contributed by atoms with van der Waals surface area (Å²) in [6.07, 6.45) is 3.51. The molecule has 0 radical (unpaired) electrons. The van der Waals surface area contributed by atoms with Crippen molar-refractivity contribution in [3.63, 3.8) is 0 Å². The first-order valence-corrected chi connectivity index (χ1v) is 4.44. The normalized spacial score (nSPS) is 8.77. The van der Waals surface area contributed by atoms with Crippen LogP contribution < -0.4 is 0 Å². The van der Waals surface area contributed by atoms with Crippen molar-refractivity contribution in [1.82, 2.24) is 0 Å². The van der Waals surface area contributed by atoms with Crippen LogP contribution in [0.15, 0.2) is 0 Å². The van der Waals surface area contributed by atoms with E-state index in [1.165, 1.54) is 0 Å². The van der Waals surface area contributed by atoms with Crippen molar-refractivity contribution in [1.29, 1.82) is 0 Å². The van der Waals surface area contributed by atoms with Crippen LogP contribution in [0.3, 0.4) is 0 Å². The summed E-state index contributed by atoms with van der Waals surface area (Å²) in [5.74, 6) is -0.827. The van der Waals surface area contributed by atoms with E-state index in [1.807, 2.05) is 0 Å². The quantitative estimate of drug-likeness (QED) is 0.299. The Bertz CT molecular complexity index is 157. The van der Waals surface area contributed by atoms with Crippen molar-refractivity contribution in [2.24, 2.45) is 0 Å². The van der Waals surface area contributed by atoms with Crippen molar-refractivity contribution >= 4 is 63.3 Å². The van der Waals surface area contributed by atoms with E-state index in [9.17, 15) is 9.59 Å². The molecule has 13 heavy (non-hydrogen) atoms. The molecule has 0 N–H and O–H groups in total. The van der Waals surface area contributed by atoms with Gasteiger partial charge in [0.05, 0.1) is 0 Å². The molecule has 0 saturated carbocycles. The average molecular weight is 212 g/mol. The zero-order valence-electron chi connectivity index (χ0n) is 7.76. The molecule has 0 aromatic heterocycles. The maximum absolute atomic E-state index is 10.8. The van der Waals surface area contributed by atoms with E-state index in [0.717, 1.165) is 19.3 Å². The number of hydrogen-bond acceptors (Lipinski definition) is 3. The van der Waals surface area contributed by atoms with Crippen molar-refractivity contribution in [3.8, 4) is 0 Å². The number of ether oxygens (including phenoxy) is 1. The third kappa shape index (κ3) is 10.7. The van der Waals surface area contributed by atoms with Crippen LogP contribution in [0.1, 0.15) is 46.0 Å². The van der Waals surface area contributed by atoms with E-state index < -0.39 is 11.9 Å². The fourth-order valence-corrected chi connectivity index (χ4v) is 0.770. The summed E-state index contributed by atoms with van der Waals surface area (Å²) < 4.78 is 4.47. The predicted molar refractivity (Wildman–Crippen MR) is 52.7 cm³/mol. The van der Waals surface area contributed by atoms with Crippen molar-refractivity contribution in [2.45, 2.75) is 46.0 Å². The second-order valence-corrected chi connectivity index (χ2v) is 2.66. The van der Waals surface area contributed by atoms with Gasteiger partial charge in [-0.25, -0.2) is 0 Å². The number of esters is 2. The molecule has 0 bridgehead atoms. The van der Waals surface area contributed by atoms with Crippen molar-refractivity contribution in [2.75, 3.05) is 0 Å². The molecule has 0 saturated heterocycles. The van der Waals surface area contributed by atoms with E-state index >= 15 is 0 Å². The first-order chi connectivity index (χ1) is 5.70.